The molecule has 7 nitrogen and oxygen atoms in total. The number of benzene rings is 2. The number of nitrogens with zero attached hydrogens (tertiary/aromatic N) is 4. The molecule has 12 heteroatoms. The molecule has 0 atom stereocenters. The summed E-state index contributed by atoms with van der Waals surface area (Å²) in [5.41, 5.74) is 1.87. The van der Waals surface area contributed by atoms with Crippen LogP contribution in [0.3, 0.4) is 0 Å². The number of aryl methyl sites for hydroxylation is 2. The summed E-state index contributed by atoms with van der Waals surface area (Å²) in [5, 5.41) is 5.40. The highest BCUT2D eigenvalue weighted by Crippen LogP contribution is 2.32. The molecule has 40 heavy (non-hydrogen) atoms. The van der Waals surface area contributed by atoms with Crippen molar-refractivity contribution >= 4 is 39.4 Å². The van der Waals surface area contributed by atoms with E-state index >= 15 is 0 Å². The van der Waals surface area contributed by atoms with Crippen LogP contribution in [-0.2, 0) is 12.7 Å². The van der Waals surface area contributed by atoms with Gasteiger partial charge in [0, 0.05) is 31.2 Å². The van der Waals surface area contributed by atoms with E-state index in [0.29, 0.717) is 31.8 Å². The van der Waals surface area contributed by atoms with Gasteiger partial charge in [-0.05, 0) is 37.1 Å². The molecule has 3 heterocycles. The first-order chi connectivity index (χ1) is 19.1. The van der Waals surface area contributed by atoms with Gasteiger partial charge < -0.3 is 10.2 Å². The number of fused-ring (bicyclic) bond motifs is 1. The number of hydrogen-bond acceptors (Lipinski definition) is 6. The Morgan fingerprint density at radius 2 is 1.75 bits per heavy atom. The van der Waals surface area contributed by atoms with Crippen LogP contribution in [0.25, 0.3) is 15.4 Å². The predicted molar refractivity (Wildman–Crippen MR) is 149 cm³/mol. The van der Waals surface area contributed by atoms with Crippen molar-refractivity contribution < 1.29 is 22.8 Å². The largest absolute Gasteiger partial charge is 0.416 e. The SMILES string of the molecule is Cc1nc(C(=O)N(CCNC(=O)c2c(C)nc3sccn23)Cc2ccc(C(F)(F)F)cc2)c(-c2ccccc2)s1. The van der Waals surface area contributed by atoms with Gasteiger partial charge in [0.05, 0.1) is 21.1 Å². The number of amides is 2. The number of alkyl halides is 3. The van der Waals surface area contributed by atoms with Crippen molar-refractivity contribution in [2.75, 3.05) is 13.1 Å². The zero-order valence-electron chi connectivity index (χ0n) is 21.5. The van der Waals surface area contributed by atoms with Gasteiger partial charge in [0.25, 0.3) is 11.8 Å². The summed E-state index contributed by atoms with van der Waals surface area (Å²) in [6.07, 6.45) is -2.69. The monoisotopic (exact) mass is 583 g/mol. The third kappa shape index (κ3) is 5.77. The van der Waals surface area contributed by atoms with Gasteiger partial charge in [-0.2, -0.15) is 13.2 Å². The maximum absolute atomic E-state index is 13.8. The van der Waals surface area contributed by atoms with E-state index in [0.717, 1.165) is 17.7 Å². The van der Waals surface area contributed by atoms with Gasteiger partial charge in [-0.15, -0.1) is 22.7 Å². The molecule has 1 N–H and O–H groups in total. The van der Waals surface area contributed by atoms with Crippen LogP contribution in [0.15, 0.2) is 66.2 Å². The molecule has 0 bridgehead atoms. The van der Waals surface area contributed by atoms with Crippen LogP contribution in [0.4, 0.5) is 13.2 Å². The number of nitrogens with one attached hydrogen (secondary N) is 1. The van der Waals surface area contributed by atoms with Crippen LogP contribution >= 0.6 is 22.7 Å². The van der Waals surface area contributed by atoms with E-state index in [1.807, 2.05) is 42.6 Å². The molecule has 0 aliphatic rings. The lowest BCUT2D eigenvalue weighted by molar-refractivity contribution is -0.137. The fraction of sp³-hybridized carbons (Fsp3) is 0.214. The summed E-state index contributed by atoms with van der Waals surface area (Å²) >= 11 is 2.81. The van der Waals surface area contributed by atoms with Crippen molar-refractivity contribution in [3.8, 4) is 10.4 Å². The van der Waals surface area contributed by atoms with E-state index in [9.17, 15) is 22.8 Å². The minimum absolute atomic E-state index is 0.0398. The molecule has 0 radical (unpaired) electrons. The minimum atomic E-state index is -4.46. The number of rotatable bonds is 8. The Kier molecular flexibility index (Phi) is 7.72. The maximum atomic E-state index is 13.8. The summed E-state index contributed by atoms with van der Waals surface area (Å²) in [7, 11) is 0. The van der Waals surface area contributed by atoms with Gasteiger partial charge >= 0.3 is 6.18 Å². The van der Waals surface area contributed by atoms with Crippen molar-refractivity contribution in [1.29, 1.82) is 0 Å². The Bertz CT molecular complexity index is 1660. The summed E-state index contributed by atoms with van der Waals surface area (Å²) in [6, 6.07) is 14.1. The molecule has 206 valence electrons. The molecule has 0 fully saturated rings. The van der Waals surface area contributed by atoms with Crippen LogP contribution in [0, 0.1) is 13.8 Å². The zero-order chi connectivity index (χ0) is 28.4. The number of aromatic nitrogens is 3. The van der Waals surface area contributed by atoms with Gasteiger partial charge in [-0.1, -0.05) is 42.5 Å². The summed E-state index contributed by atoms with van der Waals surface area (Å²) in [5.74, 6) is -0.710. The number of thiazole rings is 2. The molecule has 0 unspecified atom stereocenters. The van der Waals surface area contributed by atoms with E-state index < -0.39 is 11.7 Å². The first kappa shape index (κ1) is 27.5. The van der Waals surface area contributed by atoms with Crippen LogP contribution < -0.4 is 5.32 Å². The Hall–Kier alpha value is -4.03. The number of carbonyl (C=O) groups excluding carboxylic acids is 2. The highest BCUT2D eigenvalue weighted by Gasteiger charge is 2.30. The fourth-order valence-electron chi connectivity index (χ4n) is 4.33. The van der Waals surface area contributed by atoms with Gasteiger partial charge in [0.1, 0.15) is 11.4 Å². The Balaban J connectivity index is 1.39. The lowest BCUT2D eigenvalue weighted by Gasteiger charge is -2.23. The van der Waals surface area contributed by atoms with E-state index in [2.05, 4.69) is 15.3 Å². The van der Waals surface area contributed by atoms with Crippen molar-refractivity contribution in [3.63, 3.8) is 0 Å². The van der Waals surface area contributed by atoms with Gasteiger partial charge in [0.15, 0.2) is 4.96 Å². The third-order valence-corrected chi connectivity index (χ3v) is 8.01. The predicted octanol–water partition coefficient (Wildman–Crippen LogP) is 6.23. The summed E-state index contributed by atoms with van der Waals surface area (Å²) in [4.78, 5) is 38.6. The van der Waals surface area contributed by atoms with E-state index in [1.54, 1.807) is 17.5 Å². The second-order valence-electron chi connectivity index (χ2n) is 9.06. The van der Waals surface area contributed by atoms with E-state index in [4.69, 9.17) is 0 Å². The lowest BCUT2D eigenvalue weighted by Crippen LogP contribution is -2.39. The van der Waals surface area contributed by atoms with E-state index in [1.165, 1.54) is 39.7 Å². The fourth-order valence-corrected chi connectivity index (χ4v) is 6.01. The van der Waals surface area contributed by atoms with Gasteiger partial charge in [-0.25, -0.2) is 9.97 Å². The van der Waals surface area contributed by atoms with Crippen LogP contribution in [-0.4, -0.2) is 44.2 Å². The highest BCUT2D eigenvalue weighted by atomic mass is 32.1. The van der Waals surface area contributed by atoms with Crippen LogP contribution in [0.1, 0.15) is 42.8 Å². The first-order valence-electron chi connectivity index (χ1n) is 12.3. The Morgan fingerprint density at radius 3 is 2.45 bits per heavy atom. The zero-order valence-corrected chi connectivity index (χ0v) is 23.2. The minimum Gasteiger partial charge on any atom is -0.349 e. The molecule has 0 saturated heterocycles. The molecule has 5 aromatic rings. The average Bonchev–Trinajstić information content (AvgIpc) is 3.62. The lowest BCUT2D eigenvalue weighted by atomic mass is 10.1. The quantitative estimate of drug-likeness (QED) is 0.235. The molecule has 0 aliphatic carbocycles. The first-order valence-corrected chi connectivity index (χ1v) is 14.0. The Labute approximate surface area is 235 Å². The molecule has 5 rings (SSSR count). The Morgan fingerprint density at radius 1 is 1.02 bits per heavy atom. The smallest absolute Gasteiger partial charge is 0.349 e. The highest BCUT2D eigenvalue weighted by molar-refractivity contribution is 7.15. The molecule has 0 spiro atoms. The van der Waals surface area contributed by atoms with Gasteiger partial charge in [-0.3, -0.25) is 14.0 Å². The average molecular weight is 584 g/mol. The third-order valence-electron chi connectivity index (χ3n) is 6.23. The normalized spacial score (nSPS) is 11.6. The molecular formula is C28H24F3N5O2S2. The van der Waals surface area contributed by atoms with Crippen molar-refractivity contribution in [2.45, 2.75) is 26.6 Å². The second-order valence-corrected chi connectivity index (χ2v) is 11.1. The standard InChI is InChI=1S/C28H24F3N5O2S2/c1-17-23(36-14-15-39-27(36)33-17)25(37)32-12-13-35(16-19-8-10-21(11-9-19)28(29,30)31)26(38)22-24(40-18(2)34-22)20-6-4-3-5-7-20/h3-11,14-15H,12-13,16H2,1-2H3,(H,32,37). The number of imidazole rings is 1. The molecule has 3 aromatic heterocycles. The molecule has 2 amide bonds. The second kappa shape index (κ2) is 11.2. The molecular weight excluding hydrogens is 559 g/mol. The van der Waals surface area contributed by atoms with Crippen molar-refractivity contribution in [3.05, 3.63) is 99.4 Å². The molecule has 2 aromatic carbocycles. The van der Waals surface area contributed by atoms with Crippen LogP contribution in [0.2, 0.25) is 0 Å². The maximum Gasteiger partial charge on any atom is 0.416 e. The summed E-state index contributed by atoms with van der Waals surface area (Å²) in [6.45, 7) is 3.84. The number of hydrogen-bond donors (Lipinski definition) is 1. The summed E-state index contributed by atoms with van der Waals surface area (Å²) < 4.78 is 41.0. The van der Waals surface area contributed by atoms with Crippen molar-refractivity contribution in [2.24, 2.45) is 0 Å². The molecule has 0 aliphatic heterocycles. The number of halogens is 3. The molecule has 0 saturated carbocycles. The van der Waals surface area contributed by atoms with Crippen molar-refractivity contribution in [1.82, 2.24) is 24.6 Å². The number of carbonyl (C=O) groups is 2. The van der Waals surface area contributed by atoms with Crippen LogP contribution in [0.5, 0.6) is 0 Å². The van der Waals surface area contributed by atoms with E-state index in [-0.39, 0.29) is 37.1 Å². The van der Waals surface area contributed by atoms with Gasteiger partial charge in [0.2, 0.25) is 0 Å². The topological polar surface area (TPSA) is 79.6 Å².